The van der Waals surface area contributed by atoms with Crippen molar-refractivity contribution in [1.82, 2.24) is 15.6 Å². The third kappa shape index (κ3) is 4.43. The highest BCUT2D eigenvalue weighted by atomic mass is 16.2. The molecule has 0 unspecified atom stereocenters. The fourth-order valence-corrected chi connectivity index (χ4v) is 2.91. The van der Waals surface area contributed by atoms with E-state index in [0.717, 1.165) is 29.5 Å². The molecule has 0 saturated heterocycles. The smallest absolute Gasteiger partial charge is 0.253 e. The third-order valence-corrected chi connectivity index (χ3v) is 4.69. The zero-order valence-corrected chi connectivity index (χ0v) is 15.4. The van der Waals surface area contributed by atoms with Gasteiger partial charge in [-0.3, -0.25) is 14.6 Å². The standard InChI is InChI=1S/C23H21N3O2/c27-22(25-13-16-4-2-1-3-5-16)20-12-19(14-24-15-20)17-6-8-18(9-7-17)23(28)26-21-10-11-21/h1-9,12,14-15,21H,10-11,13H2,(H,25,27)(H,26,28). The molecule has 1 aromatic heterocycles. The predicted octanol–water partition coefficient (Wildman–Crippen LogP) is 3.57. The summed E-state index contributed by atoms with van der Waals surface area (Å²) < 4.78 is 0. The summed E-state index contributed by atoms with van der Waals surface area (Å²) in [5.74, 6) is -0.208. The number of pyridine rings is 1. The van der Waals surface area contributed by atoms with Gasteiger partial charge in [0.25, 0.3) is 11.8 Å². The maximum atomic E-state index is 12.4. The molecule has 0 bridgehead atoms. The van der Waals surface area contributed by atoms with E-state index in [0.29, 0.717) is 23.7 Å². The quantitative estimate of drug-likeness (QED) is 0.696. The van der Waals surface area contributed by atoms with Gasteiger partial charge in [-0.05, 0) is 42.2 Å². The Kier molecular flexibility index (Phi) is 5.15. The summed E-state index contributed by atoms with van der Waals surface area (Å²) in [6.45, 7) is 0.467. The topological polar surface area (TPSA) is 71.1 Å². The van der Waals surface area contributed by atoms with Gasteiger partial charge in [-0.2, -0.15) is 0 Å². The second kappa shape index (κ2) is 8.05. The SMILES string of the molecule is O=C(NCc1ccccc1)c1cncc(-c2ccc(C(=O)NC3CC3)cc2)c1. The number of hydrogen-bond donors (Lipinski definition) is 2. The van der Waals surface area contributed by atoms with E-state index in [9.17, 15) is 9.59 Å². The van der Waals surface area contributed by atoms with Crippen LogP contribution in [0.15, 0.2) is 73.1 Å². The van der Waals surface area contributed by atoms with Crippen LogP contribution in [0.1, 0.15) is 39.1 Å². The van der Waals surface area contributed by atoms with Gasteiger partial charge in [0.05, 0.1) is 5.56 Å². The van der Waals surface area contributed by atoms with Crippen molar-refractivity contribution in [1.29, 1.82) is 0 Å². The molecule has 2 aromatic carbocycles. The maximum Gasteiger partial charge on any atom is 0.253 e. The van der Waals surface area contributed by atoms with Crippen molar-refractivity contribution in [3.05, 3.63) is 89.7 Å². The predicted molar refractivity (Wildman–Crippen MR) is 108 cm³/mol. The highest BCUT2D eigenvalue weighted by Crippen LogP contribution is 2.22. The molecule has 0 radical (unpaired) electrons. The van der Waals surface area contributed by atoms with Crippen molar-refractivity contribution in [2.45, 2.75) is 25.4 Å². The highest BCUT2D eigenvalue weighted by Gasteiger charge is 2.23. The number of nitrogens with zero attached hydrogens (tertiary/aromatic N) is 1. The molecule has 1 aliphatic carbocycles. The molecule has 2 amide bonds. The Morgan fingerprint density at radius 1 is 0.857 bits per heavy atom. The van der Waals surface area contributed by atoms with Crippen molar-refractivity contribution in [3.8, 4) is 11.1 Å². The summed E-state index contributed by atoms with van der Waals surface area (Å²) in [6, 6.07) is 19.3. The molecule has 2 N–H and O–H groups in total. The van der Waals surface area contributed by atoms with Crippen LogP contribution in [0, 0.1) is 0 Å². The van der Waals surface area contributed by atoms with Crippen molar-refractivity contribution >= 4 is 11.8 Å². The summed E-state index contributed by atoms with van der Waals surface area (Å²) in [5.41, 5.74) is 3.93. The van der Waals surface area contributed by atoms with Crippen LogP contribution < -0.4 is 10.6 Å². The third-order valence-electron chi connectivity index (χ3n) is 4.69. The van der Waals surface area contributed by atoms with Crippen LogP contribution in [0.5, 0.6) is 0 Å². The van der Waals surface area contributed by atoms with E-state index in [4.69, 9.17) is 0 Å². The van der Waals surface area contributed by atoms with Gasteiger partial charge < -0.3 is 10.6 Å². The van der Waals surface area contributed by atoms with Gasteiger partial charge in [0, 0.05) is 36.1 Å². The van der Waals surface area contributed by atoms with Crippen LogP contribution in [-0.2, 0) is 6.54 Å². The van der Waals surface area contributed by atoms with Gasteiger partial charge in [-0.25, -0.2) is 0 Å². The molecule has 5 heteroatoms. The minimum absolute atomic E-state index is 0.0405. The zero-order valence-electron chi connectivity index (χ0n) is 15.4. The number of amides is 2. The van der Waals surface area contributed by atoms with Crippen LogP contribution in [0.3, 0.4) is 0 Å². The van der Waals surface area contributed by atoms with Crippen molar-refractivity contribution in [2.75, 3.05) is 0 Å². The minimum Gasteiger partial charge on any atom is -0.349 e. The average Bonchev–Trinajstić information content (AvgIpc) is 3.57. The minimum atomic E-state index is -0.168. The molecule has 1 fully saturated rings. The van der Waals surface area contributed by atoms with Gasteiger partial charge >= 0.3 is 0 Å². The Morgan fingerprint density at radius 2 is 1.61 bits per heavy atom. The van der Waals surface area contributed by atoms with Crippen LogP contribution in [-0.4, -0.2) is 22.8 Å². The van der Waals surface area contributed by atoms with Gasteiger partial charge in [0.2, 0.25) is 0 Å². The van der Waals surface area contributed by atoms with E-state index in [2.05, 4.69) is 15.6 Å². The fourth-order valence-electron chi connectivity index (χ4n) is 2.91. The largest absolute Gasteiger partial charge is 0.349 e. The molecule has 0 atom stereocenters. The van der Waals surface area contributed by atoms with E-state index in [1.165, 1.54) is 0 Å². The second-order valence-electron chi connectivity index (χ2n) is 6.96. The molecule has 1 heterocycles. The summed E-state index contributed by atoms with van der Waals surface area (Å²) in [6.07, 6.45) is 5.40. The lowest BCUT2D eigenvalue weighted by molar-refractivity contribution is 0.0942. The molecule has 3 aromatic rings. The molecule has 5 nitrogen and oxygen atoms in total. The number of carbonyl (C=O) groups excluding carboxylic acids is 2. The summed E-state index contributed by atoms with van der Waals surface area (Å²) in [7, 11) is 0. The Bertz CT molecular complexity index is 980. The van der Waals surface area contributed by atoms with E-state index >= 15 is 0 Å². The van der Waals surface area contributed by atoms with Crippen molar-refractivity contribution < 1.29 is 9.59 Å². The highest BCUT2D eigenvalue weighted by molar-refractivity contribution is 5.96. The van der Waals surface area contributed by atoms with Crippen LogP contribution in [0.2, 0.25) is 0 Å². The first-order valence-corrected chi connectivity index (χ1v) is 9.37. The molecule has 1 aliphatic rings. The molecule has 4 rings (SSSR count). The van der Waals surface area contributed by atoms with E-state index < -0.39 is 0 Å². The normalized spacial score (nSPS) is 13.0. The number of rotatable bonds is 6. The molecule has 28 heavy (non-hydrogen) atoms. The van der Waals surface area contributed by atoms with E-state index in [-0.39, 0.29) is 11.8 Å². The summed E-state index contributed by atoms with van der Waals surface area (Å²) in [5, 5.41) is 5.89. The zero-order chi connectivity index (χ0) is 19.3. The Hall–Kier alpha value is -3.47. The van der Waals surface area contributed by atoms with Crippen LogP contribution >= 0.6 is 0 Å². The summed E-state index contributed by atoms with van der Waals surface area (Å²) >= 11 is 0. The van der Waals surface area contributed by atoms with Gasteiger partial charge in [0.15, 0.2) is 0 Å². The first-order chi connectivity index (χ1) is 13.7. The molecule has 0 spiro atoms. The van der Waals surface area contributed by atoms with Crippen molar-refractivity contribution in [2.24, 2.45) is 0 Å². The van der Waals surface area contributed by atoms with E-state index in [1.54, 1.807) is 24.5 Å². The molecular formula is C23H21N3O2. The van der Waals surface area contributed by atoms with Crippen molar-refractivity contribution in [3.63, 3.8) is 0 Å². The molecule has 0 aliphatic heterocycles. The Balaban J connectivity index is 1.44. The molecule has 1 saturated carbocycles. The Labute approximate surface area is 163 Å². The second-order valence-corrected chi connectivity index (χ2v) is 6.96. The van der Waals surface area contributed by atoms with Gasteiger partial charge in [-0.15, -0.1) is 0 Å². The number of carbonyl (C=O) groups is 2. The number of benzene rings is 2. The summed E-state index contributed by atoms with van der Waals surface area (Å²) in [4.78, 5) is 28.8. The molecular weight excluding hydrogens is 350 g/mol. The first kappa shape index (κ1) is 17.9. The lowest BCUT2D eigenvalue weighted by Crippen LogP contribution is -2.25. The number of aromatic nitrogens is 1. The average molecular weight is 371 g/mol. The first-order valence-electron chi connectivity index (χ1n) is 9.37. The van der Waals surface area contributed by atoms with Gasteiger partial charge in [-0.1, -0.05) is 42.5 Å². The van der Waals surface area contributed by atoms with Gasteiger partial charge in [0.1, 0.15) is 0 Å². The maximum absolute atomic E-state index is 12.4. The lowest BCUT2D eigenvalue weighted by Gasteiger charge is -2.08. The molecule has 140 valence electrons. The lowest BCUT2D eigenvalue weighted by atomic mass is 10.0. The Morgan fingerprint density at radius 3 is 2.32 bits per heavy atom. The number of nitrogens with one attached hydrogen (secondary N) is 2. The van der Waals surface area contributed by atoms with E-state index in [1.807, 2.05) is 48.5 Å². The van der Waals surface area contributed by atoms with Crippen LogP contribution in [0.4, 0.5) is 0 Å². The fraction of sp³-hybridized carbons (Fsp3) is 0.174. The monoisotopic (exact) mass is 371 g/mol. The number of hydrogen-bond acceptors (Lipinski definition) is 3. The van der Waals surface area contributed by atoms with Crippen LogP contribution in [0.25, 0.3) is 11.1 Å².